The van der Waals surface area contributed by atoms with Crippen molar-refractivity contribution in [3.8, 4) is 0 Å². The molecule has 10 heavy (non-hydrogen) atoms. The zero-order valence-electron chi connectivity index (χ0n) is 6.84. The zero-order chi connectivity index (χ0) is 7.98. The molecule has 2 heteroatoms. The van der Waals surface area contributed by atoms with Gasteiger partial charge in [-0.15, -0.1) is 6.58 Å². The molecule has 1 nitrogen and oxygen atoms in total. The lowest BCUT2D eigenvalue weighted by atomic mass is 10.1. The van der Waals surface area contributed by atoms with Gasteiger partial charge < -0.3 is 5.73 Å². The van der Waals surface area contributed by atoms with Crippen molar-refractivity contribution in [1.82, 2.24) is 0 Å². The highest BCUT2D eigenvalue weighted by molar-refractivity contribution is 7.99. The lowest BCUT2D eigenvalue weighted by Crippen LogP contribution is -2.15. The summed E-state index contributed by atoms with van der Waals surface area (Å²) >= 11 is 1.84. The van der Waals surface area contributed by atoms with Crippen LogP contribution in [-0.2, 0) is 0 Å². The Bertz CT molecular complexity index is 93.3. The van der Waals surface area contributed by atoms with Crippen LogP contribution < -0.4 is 5.73 Å². The summed E-state index contributed by atoms with van der Waals surface area (Å²) in [6.07, 6.45) is 5.26. The van der Waals surface area contributed by atoms with Crippen molar-refractivity contribution in [1.29, 1.82) is 0 Å². The molecular formula is C8H17NS. The number of hydrogen-bond donors (Lipinski definition) is 1. The molecule has 0 radical (unpaired) electrons. The van der Waals surface area contributed by atoms with Crippen molar-refractivity contribution in [3.63, 3.8) is 0 Å². The van der Waals surface area contributed by atoms with Crippen molar-refractivity contribution in [2.45, 2.75) is 18.6 Å². The molecule has 0 heterocycles. The van der Waals surface area contributed by atoms with Crippen molar-refractivity contribution in [2.75, 3.05) is 12.8 Å². The summed E-state index contributed by atoms with van der Waals surface area (Å²) in [5.41, 5.74) is 5.49. The molecule has 0 aliphatic rings. The first-order valence-corrected chi connectivity index (χ1v) is 4.88. The van der Waals surface area contributed by atoms with Gasteiger partial charge >= 0.3 is 0 Å². The highest BCUT2D eigenvalue weighted by Gasteiger charge is 2.06. The van der Waals surface area contributed by atoms with Gasteiger partial charge in [0, 0.05) is 5.25 Å². The third kappa shape index (κ3) is 3.96. The molecule has 0 rings (SSSR count). The molecule has 2 N–H and O–H groups in total. The lowest BCUT2D eigenvalue weighted by Gasteiger charge is -2.13. The Hall–Kier alpha value is 0.0500. The maximum Gasteiger partial charge on any atom is 0.0224 e. The van der Waals surface area contributed by atoms with E-state index in [4.69, 9.17) is 5.73 Å². The van der Waals surface area contributed by atoms with Gasteiger partial charge in [0.25, 0.3) is 0 Å². The predicted molar refractivity (Wildman–Crippen MR) is 50.3 cm³/mol. The molecule has 0 aliphatic heterocycles. The highest BCUT2D eigenvalue weighted by Crippen LogP contribution is 2.16. The molecule has 60 valence electrons. The average Bonchev–Trinajstić information content (AvgIpc) is 1.99. The second-order valence-corrected chi connectivity index (χ2v) is 3.66. The average molecular weight is 159 g/mol. The Morgan fingerprint density at radius 1 is 1.70 bits per heavy atom. The molecule has 0 saturated carbocycles. The van der Waals surface area contributed by atoms with Gasteiger partial charge in [0.15, 0.2) is 0 Å². The molecule has 0 bridgehead atoms. The SMILES string of the molecule is C=CC(CC(C)CN)SC. The van der Waals surface area contributed by atoms with E-state index in [9.17, 15) is 0 Å². The second kappa shape index (κ2) is 5.81. The van der Waals surface area contributed by atoms with Crippen molar-refractivity contribution in [2.24, 2.45) is 11.7 Å². The van der Waals surface area contributed by atoms with Crippen LogP contribution in [0.1, 0.15) is 13.3 Å². The fourth-order valence-electron chi connectivity index (χ4n) is 0.781. The topological polar surface area (TPSA) is 26.0 Å². The van der Waals surface area contributed by atoms with Gasteiger partial charge in [-0.3, -0.25) is 0 Å². The molecular weight excluding hydrogens is 142 g/mol. The van der Waals surface area contributed by atoms with Crippen LogP contribution in [-0.4, -0.2) is 18.1 Å². The molecule has 2 unspecified atom stereocenters. The largest absolute Gasteiger partial charge is 0.330 e. The lowest BCUT2D eigenvalue weighted by molar-refractivity contribution is 0.557. The molecule has 0 aromatic rings. The Kier molecular flexibility index (Phi) is 5.84. The van der Waals surface area contributed by atoms with Gasteiger partial charge in [0.2, 0.25) is 0 Å². The number of rotatable bonds is 5. The maximum atomic E-state index is 5.49. The third-order valence-corrected chi connectivity index (χ3v) is 2.59. The van der Waals surface area contributed by atoms with E-state index in [0.29, 0.717) is 11.2 Å². The van der Waals surface area contributed by atoms with Crippen LogP contribution in [0, 0.1) is 5.92 Å². The zero-order valence-corrected chi connectivity index (χ0v) is 7.66. The summed E-state index contributed by atoms with van der Waals surface area (Å²) in [5.74, 6) is 0.621. The smallest absolute Gasteiger partial charge is 0.0224 e. The van der Waals surface area contributed by atoms with Gasteiger partial charge in [-0.05, 0) is 25.1 Å². The van der Waals surface area contributed by atoms with E-state index in [1.807, 2.05) is 17.8 Å². The monoisotopic (exact) mass is 159 g/mol. The van der Waals surface area contributed by atoms with Crippen LogP contribution >= 0.6 is 11.8 Å². The van der Waals surface area contributed by atoms with Crippen LogP contribution in [0.25, 0.3) is 0 Å². The standard InChI is InChI=1S/C8H17NS/c1-4-8(10-3)5-7(2)6-9/h4,7-8H,1,5-6,9H2,2-3H3. The molecule has 0 aliphatic carbocycles. The quantitative estimate of drug-likeness (QED) is 0.620. The Morgan fingerprint density at radius 3 is 2.60 bits per heavy atom. The number of thioether (sulfide) groups is 1. The molecule has 2 atom stereocenters. The third-order valence-electron chi connectivity index (χ3n) is 1.60. The van der Waals surface area contributed by atoms with Gasteiger partial charge in [-0.2, -0.15) is 11.8 Å². The fraction of sp³-hybridized carbons (Fsp3) is 0.750. The summed E-state index contributed by atoms with van der Waals surface area (Å²) in [4.78, 5) is 0. The first kappa shape index (κ1) is 10.0. The van der Waals surface area contributed by atoms with Gasteiger partial charge in [-0.1, -0.05) is 13.0 Å². The molecule has 0 spiro atoms. The van der Waals surface area contributed by atoms with E-state index in [-0.39, 0.29) is 0 Å². The number of nitrogens with two attached hydrogens (primary N) is 1. The normalized spacial score (nSPS) is 16.3. The predicted octanol–water partition coefficient (Wildman–Crippen LogP) is 1.89. The molecule has 0 fully saturated rings. The van der Waals surface area contributed by atoms with Crippen molar-refractivity contribution < 1.29 is 0 Å². The number of hydrogen-bond acceptors (Lipinski definition) is 2. The summed E-state index contributed by atoms with van der Waals surface area (Å²) in [7, 11) is 0. The summed E-state index contributed by atoms with van der Waals surface area (Å²) in [6.45, 7) is 6.71. The summed E-state index contributed by atoms with van der Waals surface area (Å²) in [6, 6.07) is 0. The van der Waals surface area contributed by atoms with Gasteiger partial charge in [0.05, 0.1) is 0 Å². The van der Waals surface area contributed by atoms with Crippen LogP contribution in [0.15, 0.2) is 12.7 Å². The van der Waals surface area contributed by atoms with Crippen LogP contribution in [0.3, 0.4) is 0 Å². The van der Waals surface area contributed by atoms with E-state index in [1.54, 1.807) is 0 Å². The van der Waals surface area contributed by atoms with Crippen LogP contribution in [0.4, 0.5) is 0 Å². The Morgan fingerprint density at radius 2 is 2.30 bits per heavy atom. The first-order valence-electron chi connectivity index (χ1n) is 3.60. The van der Waals surface area contributed by atoms with Crippen LogP contribution in [0.5, 0.6) is 0 Å². The minimum absolute atomic E-state index is 0.582. The minimum Gasteiger partial charge on any atom is -0.330 e. The minimum atomic E-state index is 0.582. The van der Waals surface area contributed by atoms with Crippen molar-refractivity contribution in [3.05, 3.63) is 12.7 Å². The van der Waals surface area contributed by atoms with E-state index in [0.717, 1.165) is 13.0 Å². The van der Waals surface area contributed by atoms with E-state index >= 15 is 0 Å². The fourth-order valence-corrected chi connectivity index (χ4v) is 1.49. The summed E-state index contributed by atoms with van der Waals surface area (Å²) in [5, 5.41) is 0.582. The van der Waals surface area contributed by atoms with Crippen LogP contribution in [0.2, 0.25) is 0 Å². The highest BCUT2D eigenvalue weighted by atomic mass is 32.2. The maximum absolute atomic E-state index is 5.49. The van der Waals surface area contributed by atoms with Gasteiger partial charge in [0.1, 0.15) is 0 Å². The second-order valence-electron chi connectivity index (χ2n) is 2.59. The first-order chi connectivity index (χ1) is 4.74. The Balaban J connectivity index is 3.51. The van der Waals surface area contributed by atoms with Gasteiger partial charge in [-0.25, -0.2) is 0 Å². The van der Waals surface area contributed by atoms with E-state index < -0.39 is 0 Å². The van der Waals surface area contributed by atoms with E-state index in [1.165, 1.54) is 0 Å². The van der Waals surface area contributed by atoms with E-state index in [2.05, 4.69) is 19.8 Å². The Labute approximate surface area is 68.1 Å². The summed E-state index contributed by atoms with van der Waals surface area (Å²) < 4.78 is 0. The van der Waals surface area contributed by atoms with Crippen molar-refractivity contribution >= 4 is 11.8 Å². The molecule has 0 aromatic heterocycles. The molecule has 0 saturated heterocycles. The molecule has 0 aromatic carbocycles. The molecule has 0 amide bonds.